The van der Waals surface area contributed by atoms with E-state index >= 15 is 0 Å². The summed E-state index contributed by atoms with van der Waals surface area (Å²) in [7, 11) is 1.70. The second-order valence-corrected chi connectivity index (χ2v) is 6.63. The Bertz CT molecular complexity index is 617. The molecule has 1 aromatic heterocycles. The predicted octanol–water partition coefficient (Wildman–Crippen LogP) is 4.33. The number of methoxy groups -OCH3 is 1. The standard InChI is InChI=1S/C17H22N2OS/c1-20-13-7-8-14-12(11-13)9-10-18-17(14)19-15-5-3-4-6-16(15)21-2/h7-11,15-16H,3-6H2,1-2H3,(H,18,19). The minimum absolute atomic E-state index is 0.522. The quantitative estimate of drug-likeness (QED) is 0.911. The number of nitrogens with one attached hydrogen (secondary N) is 1. The van der Waals surface area contributed by atoms with Gasteiger partial charge in [0.05, 0.1) is 7.11 Å². The Morgan fingerprint density at radius 1 is 1.24 bits per heavy atom. The highest BCUT2D eigenvalue weighted by atomic mass is 32.2. The molecule has 1 aliphatic carbocycles. The third-order valence-corrected chi connectivity index (χ3v) is 5.47. The van der Waals surface area contributed by atoms with Crippen molar-refractivity contribution in [3.05, 3.63) is 30.5 Å². The van der Waals surface area contributed by atoms with Crippen LogP contribution in [0.5, 0.6) is 5.75 Å². The molecule has 0 spiro atoms. The molecule has 1 aliphatic rings. The van der Waals surface area contributed by atoms with Gasteiger partial charge < -0.3 is 10.1 Å². The van der Waals surface area contributed by atoms with Crippen LogP contribution in [0.2, 0.25) is 0 Å². The topological polar surface area (TPSA) is 34.1 Å². The van der Waals surface area contributed by atoms with Crippen LogP contribution in [-0.2, 0) is 0 Å². The molecule has 1 saturated carbocycles. The van der Waals surface area contributed by atoms with Crippen molar-refractivity contribution in [2.75, 3.05) is 18.7 Å². The lowest BCUT2D eigenvalue weighted by Gasteiger charge is -2.31. The average molecular weight is 302 g/mol. The van der Waals surface area contributed by atoms with Crippen LogP contribution in [-0.4, -0.2) is 29.6 Å². The minimum Gasteiger partial charge on any atom is -0.497 e. The van der Waals surface area contributed by atoms with Crippen molar-refractivity contribution in [3.63, 3.8) is 0 Å². The molecule has 1 N–H and O–H groups in total. The van der Waals surface area contributed by atoms with Gasteiger partial charge in [0.1, 0.15) is 11.6 Å². The van der Waals surface area contributed by atoms with E-state index in [1.807, 2.05) is 30.1 Å². The highest BCUT2D eigenvalue weighted by Crippen LogP contribution is 2.31. The molecule has 4 heteroatoms. The fraction of sp³-hybridized carbons (Fsp3) is 0.471. The summed E-state index contributed by atoms with van der Waals surface area (Å²) >= 11 is 1.97. The van der Waals surface area contributed by atoms with Crippen molar-refractivity contribution >= 4 is 28.4 Å². The van der Waals surface area contributed by atoms with Gasteiger partial charge in [0.2, 0.25) is 0 Å². The van der Waals surface area contributed by atoms with E-state index in [1.54, 1.807) is 7.11 Å². The Balaban J connectivity index is 1.89. The van der Waals surface area contributed by atoms with E-state index in [2.05, 4.69) is 28.7 Å². The predicted molar refractivity (Wildman–Crippen MR) is 91.5 cm³/mol. The molecule has 112 valence electrons. The van der Waals surface area contributed by atoms with Crippen molar-refractivity contribution in [2.45, 2.75) is 37.0 Å². The summed E-state index contributed by atoms with van der Waals surface area (Å²) in [5, 5.41) is 6.72. The van der Waals surface area contributed by atoms with Crippen LogP contribution >= 0.6 is 11.8 Å². The van der Waals surface area contributed by atoms with Crippen molar-refractivity contribution in [3.8, 4) is 5.75 Å². The monoisotopic (exact) mass is 302 g/mol. The zero-order valence-corrected chi connectivity index (χ0v) is 13.5. The first kappa shape index (κ1) is 14.5. The Hall–Kier alpha value is -1.42. The van der Waals surface area contributed by atoms with E-state index in [0.717, 1.165) is 11.6 Å². The summed E-state index contributed by atoms with van der Waals surface area (Å²) in [6.07, 6.45) is 9.29. The number of benzene rings is 1. The summed E-state index contributed by atoms with van der Waals surface area (Å²) in [4.78, 5) is 4.56. The second-order valence-electron chi connectivity index (χ2n) is 5.56. The van der Waals surface area contributed by atoms with Gasteiger partial charge in [0, 0.05) is 22.9 Å². The first-order valence-corrected chi connectivity index (χ1v) is 8.82. The highest BCUT2D eigenvalue weighted by molar-refractivity contribution is 7.99. The molecule has 2 unspecified atom stereocenters. The van der Waals surface area contributed by atoms with Crippen molar-refractivity contribution in [2.24, 2.45) is 0 Å². The number of hydrogen-bond acceptors (Lipinski definition) is 4. The summed E-state index contributed by atoms with van der Waals surface area (Å²) in [6.45, 7) is 0. The molecule has 2 aromatic rings. The van der Waals surface area contributed by atoms with Gasteiger partial charge in [0.15, 0.2) is 0 Å². The van der Waals surface area contributed by atoms with E-state index in [4.69, 9.17) is 4.74 Å². The Labute approximate surface area is 130 Å². The number of aromatic nitrogens is 1. The summed E-state index contributed by atoms with van der Waals surface area (Å²) in [5.41, 5.74) is 0. The molecular weight excluding hydrogens is 280 g/mol. The average Bonchev–Trinajstić information content (AvgIpc) is 2.55. The molecule has 3 rings (SSSR count). The van der Waals surface area contributed by atoms with Crippen LogP contribution in [0.3, 0.4) is 0 Å². The van der Waals surface area contributed by atoms with Gasteiger partial charge in [-0.1, -0.05) is 12.8 Å². The van der Waals surface area contributed by atoms with E-state index in [1.165, 1.54) is 36.5 Å². The summed E-state index contributed by atoms with van der Waals surface area (Å²) in [5.74, 6) is 1.89. The van der Waals surface area contributed by atoms with E-state index in [-0.39, 0.29) is 0 Å². The molecule has 0 radical (unpaired) electrons. The van der Waals surface area contributed by atoms with Crippen molar-refractivity contribution in [1.82, 2.24) is 4.98 Å². The third-order valence-electron chi connectivity index (χ3n) is 4.30. The Morgan fingerprint density at radius 2 is 2.10 bits per heavy atom. The molecule has 3 nitrogen and oxygen atoms in total. The fourth-order valence-corrected chi connectivity index (χ4v) is 4.05. The van der Waals surface area contributed by atoms with Crippen molar-refractivity contribution in [1.29, 1.82) is 0 Å². The molecular formula is C17H22N2OS. The highest BCUT2D eigenvalue weighted by Gasteiger charge is 2.24. The van der Waals surface area contributed by atoms with E-state index in [0.29, 0.717) is 11.3 Å². The van der Waals surface area contributed by atoms with Crippen LogP contribution in [0.25, 0.3) is 10.8 Å². The molecule has 0 bridgehead atoms. The molecule has 0 aliphatic heterocycles. The number of ether oxygens (including phenoxy) is 1. The fourth-order valence-electron chi connectivity index (χ4n) is 3.12. The summed E-state index contributed by atoms with van der Waals surface area (Å²) < 4.78 is 5.30. The number of anilines is 1. The van der Waals surface area contributed by atoms with Crippen molar-refractivity contribution < 1.29 is 4.74 Å². The van der Waals surface area contributed by atoms with Crippen LogP contribution in [0, 0.1) is 0 Å². The third kappa shape index (κ3) is 3.10. The van der Waals surface area contributed by atoms with Crippen LogP contribution in [0.1, 0.15) is 25.7 Å². The molecule has 2 atom stereocenters. The van der Waals surface area contributed by atoms with Gasteiger partial charge in [0.25, 0.3) is 0 Å². The molecule has 0 amide bonds. The second kappa shape index (κ2) is 6.56. The first-order valence-electron chi connectivity index (χ1n) is 7.54. The lowest BCUT2D eigenvalue weighted by molar-refractivity contribution is 0.415. The van der Waals surface area contributed by atoms with Gasteiger partial charge in [-0.05, 0) is 48.7 Å². The number of hydrogen-bond donors (Lipinski definition) is 1. The lowest BCUT2D eigenvalue weighted by Crippen LogP contribution is -2.34. The normalized spacial score (nSPS) is 22.2. The molecule has 1 aromatic carbocycles. The van der Waals surface area contributed by atoms with Gasteiger partial charge >= 0.3 is 0 Å². The minimum atomic E-state index is 0.522. The number of thioether (sulfide) groups is 1. The van der Waals surface area contributed by atoms with Gasteiger partial charge in [-0.2, -0.15) is 11.8 Å². The van der Waals surface area contributed by atoms with Crippen LogP contribution in [0.4, 0.5) is 5.82 Å². The van der Waals surface area contributed by atoms with Crippen LogP contribution < -0.4 is 10.1 Å². The maximum absolute atomic E-state index is 5.30. The first-order chi connectivity index (χ1) is 10.3. The molecule has 21 heavy (non-hydrogen) atoms. The van der Waals surface area contributed by atoms with E-state index < -0.39 is 0 Å². The SMILES string of the molecule is COc1ccc2c(NC3CCCCC3SC)nccc2c1. The number of pyridine rings is 1. The number of fused-ring (bicyclic) bond motifs is 1. The number of nitrogens with zero attached hydrogens (tertiary/aromatic N) is 1. The smallest absolute Gasteiger partial charge is 0.134 e. The van der Waals surface area contributed by atoms with Gasteiger partial charge in [-0.3, -0.25) is 0 Å². The van der Waals surface area contributed by atoms with E-state index in [9.17, 15) is 0 Å². The molecule has 1 heterocycles. The molecule has 0 saturated heterocycles. The lowest BCUT2D eigenvalue weighted by atomic mass is 9.94. The Kier molecular flexibility index (Phi) is 4.54. The summed E-state index contributed by atoms with van der Waals surface area (Å²) in [6, 6.07) is 8.72. The van der Waals surface area contributed by atoms with Gasteiger partial charge in [-0.25, -0.2) is 4.98 Å². The Morgan fingerprint density at radius 3 is 2.90 bits per heavy atom. The maximum atomic E-state index is 5.30. The zero-order chi connectivity index (χ0) is 14.7. The molecule has 1 fully saturated rings. The maximum Gasteiger partial charge on any atom is 0.134 e. The largest absolute Gasteiger partial charge is 0.497 e. The van der Waals surface area contributed by atoms with Gasteiger partial charge in [-0.15, -0.1) is 0 Å². The van der Waals surface area contributed by atoms with Crippen LogP contribution in [0.15, 0.2) is 30.5 Å². The number of rotatable bonds is 4. The zero-order valence-electron chi connectivity index (χ0n) is 12.6.